The molecule has 2 rings (SSSR count). The van der Waals surface area contributed by atoms with Crippen LogP contribution in [0, 0.1) is 0 Å². The van der Waals surface area contributed by atoms with E-state index in [9.17, 15) is 8.42 Å². The Morgan fingerprint density at radius 3 is 2.84 bits per heavy atom. The van der Waals surface area contributed by atoms with Crippen LogP contribution < -0.4 is 10.0 Å². The van der Waals surface area contributed by atoms with Gasteiger partial charge in [0, 0.05) is 5.69 Å². The Labute approximate surface area is 113 Å². The van der Waals surface area contributed by atoms with Gasteiger partial charge < -0.3 is 10.1 Å². The van der Waals surface area contributed by atoms with Crippen LogP contribution in [-0.4, -0.2) is 27.3 Å². The van der Waals surface area contributed by atoms with Crippen LogP contribution in [0.5, 0.6) is 0 Å². The van der Waals surface area contributed by atoms with Gasteiger partial charge in [-0.05, 0) is 37.1 Å². The van der Waals surface area contributed by atoms with Gasteiger partial charge in [-0.15, -0.1) is 0 Å². The lowest BCUT2D eigenvalue weighted by Gasteiger charge is -2.20. The molecule has 1 aliphatic rings. The zero-order chi connectivity index (χ0) is 13.7. The second-order valence-electron chi connectivity index (χ2n) is 4.54. The Hall–Kier alpha value is -1.69. The number of ether oxygens (including phenoxy) is 1. The summed E-state index contributed by atoms with van der Waals surface area (Å²) >= 11 is 0. The summed E-state index contributed by atoms with van der Waals surface area (Å²) in [6, 6.07) is 7.18. The van der Waals surface area contributed by atoms with Gasteiger partial charge in [-0.3, -0.25) is 4.72 Å². The van der Waals surface area contributed by atoms with Gasteiger partial charge in [-0.2, -0.15) is 0 Å². The van der Waals surface area contributed by atoms with E-state index < -0.39 is 10.0 Å². The van der Waals surface area contributed by atoms with Crippen molar-refractivity contribution in [2.24, 2.45) is 0 Å². The molecule has 0 radical (unpaired) electrons. The molecule has 104 valence electrons. The van der Waals surface area contributed by atoms with E-state index in [1.165, 1.54) is 0 Å². The Morgan fingerprint density at radius 2 is 2.16 bits per heavy atom. The Morgan fingerprint density at radius 1 is 1.37 bits per heavy atom. The minimum Gasteiger partial charge on any atom is -0.497 e. The molecule has 0 aliphatic carbocycles. The van der Waals surface area contributed by atoms with Gasteiger partial charge in [0.15, 0.2) is 0 Å². The Bertz CT molecular complexity index is 555. The highest BCUT2D eigenvalue weighted by atomic mass is 32.2. The minimum atomic E-state index is -3.24. The molecule has 1 aliphatic heterocycles. The number of anilines is 2. The van der Waals surface area contributed by atoms with Gasteiger partial charge >= 0.3 is 0 Å². The summed E-state index contributed by atoms with van der Waals surface area (Å²) in [4.78, 5) is 0. The van der Waals surface area contributed by atoms with Gasteiger partial charge in [-0.1, -0.05) is 6.07 Å². The van der Waals surface area contributed by atoms with Crippen LogP contribution in [0.25, 0.3) is 0 Å². The van der Waals surface area contributed by atoms with E-state index in [1.807, 2.05) is 12.1 Å². The molecule has 0 bridgehead atoms. The average Bonchev–Trinajstić information content (AvgIpc) is 2.36. The van der Waals surface area contributed by atoms with Gasteiger partial charge in [0.1, 0.15) is 6.10 Å². The molecule has 1 aromatic carbocycles. The van der Waals surface area contributed by atoms with Gasteiger partial charge in [0.05, 0.1) is 24.7 Å². The van der Waals surface area contributed by atoms with Crippen molar-refractivity contribution in [3.8, 4) is 0 Å². The first-order valence-electron chi connectivity index (χ1n) is 6.15. The highest BCUT2D eigenvalue weighted by Crippen LogP contribution is 2.17. The normalized spacial score (nSPS) is 18.7. The quantitative estimate of drug-likeness (QED) is 0.868. The van der Waals surface area contributed by atoms with Crippen LogP contribution in [0.3, 0.4) is 0 Å². The minimum absolute atomic E-state index is 0.163. The maximum Gasteiger partial charge on any atom is 0.229 e. The maximum absolute atomic E-state index is 11.2. The number of hydrogen-bond acceptors (Lipinski definition) is 4. The van der Waals surface area contributed by atoms with Crippen molar-refractivity contribution in [2.45, 2.75) is 18.9 Å². The number of allylic oxidation sites excluding steroid dienone is 1. The van der Waals surface area contributed by atoms with E-state index in [0.717, 1.165) is 24.8 Å². The largest absolute Gasteiger partial charge is 0.497 e. The lowest BCUT2D eigenvalue weighted by Crippen LogP contribution is -2.23. The highest BCUT2D eigenvalue weighted by molar-refractivity contribution is 7.92. The molecule has 1 aromatic rings. The predicted molar refractivity (Wildman–Crippen MR) is 76.6 cm³/mol. The zero-order valence-electron chi connectivity index (χ0n) is 10.8. The molecule has 2 N–H and O–H groups in total. The van der Waals surface area contributed by atoms with Crippen LogP contribution in [-0.2, 0) is 14.8 Å². The summed E-state index contributed by atoms with van der Waals surface area (Å²) in [6.45, 7) is 0.701. The standard InChI is InChI=1S/C13H18N2O3S/c1-19(16,17)15-12-6-4-5-11(9-12)14-10-13-7-2-3-8-18-13/h3-6,8-9,13-15H,2,7,10H2,1H3. The van der Waals surface area contributed by atoms with Crippen molar-refractivity contribution in [2.75, 3.05) is 22.8 Å². The fourth-order valence-corrected chi connectivity index (χ4v) is 2.43. The summed E-state index contributed by atoms with van der Waals surface area (Å²) in [5.41, 5.74) is 1.42. The van der Waals surface area contributed by atoms with Crippen molar-refractivity contribution in [1.29, 1.82) is 0 Å². The molecule has 19 heavy (non-hydrogen) atoms. The number of nitrogens with one attached hydrogen (secondary N) is 2. The first-order chi connectivity index (χ1) is 9.03. The first kappa shape index (κ1) is 13.7. The van der Waals surface area contributed by atoms with Crippen LogP contribution in [0.2, 0.25) is 0 Å². The Balaban J connectivity index is 1.93. The molecule has 5 nitrogen and oxygen atoms in total. The van der Waals surface area contributed by atoms with E-state index in [-0.39, 0.29) is 6.10 Å². The van der Waals surface area contributed by atoms with E-state index in [4.69, 9.17) is 4.74 Å². The molecule has 6 heteroatoms. The molecule has 0 aromatic heterocycles. The third-order valence-electron chi connectivity index (χ3n) is 2.72. The SMILES string of the molecule is CS(=O)(=O)Nc1cccc(NCC2CCC=CO2)c1. The monoisotopic (exact) mass is 282 g/mol. The average molecular weight is 282 g/mol. The summed E-state index contributed by atoms with van der Waals surface area (Å²) in [6.07, 6.45) is 7.06. The molecule has 1 unspecified atom stereocenters. The van der Waals surface area contributed by atoms with Gasteiger partial charge in [0.25, 0.3) is 0 Å². The van der Waals surface area contributed by atoms with Crippen LogP contribution >= 0.6 is 0 Å². The predicted octanol–water partition coefficient (Wildman–Crippen LogP) is 2.16. The highest BCUT2D eigenvalue weighted by Gasteiger charge is 2.10. The molecule has 0 amide bonds. The summed E-state index contributed by atoms with van der Waals surface area (Å²) in [7, 11) is -3.24. The van der Waals surface area contributed by atoms with Crippen LogP contribution in [0.15, 0.2) is 36.6 Å². The fraction of sp³-hybridized carbons (Fsp3) is 0.385. The maximum atomic E-state index is 11.2. The van der Waals surface area contributed by atoms with Crippen molar-refractivity contribution in [1.82, 2.24) is 0 Å². The first-order valence-corrected chi connectivity index (χ1v) is 8.04. The molecule has 0 fully saturated rings. The Kier molecular flexibility index (Phi) is 4.31. The lowest BCUT2D eigenvalue weighted by molar-refractivity contribution is 0.135. The summed E-state index contributed by atoms with van der Waals surface area (Å²) in [5.74, 6) is 0. The van der Waals surface area contributed by atoms with Crippen LogP contribution in [0.4, 0.5) is 11.4 Å². The van der Waals surface area contributed by atoms with E-state index in [1.54, 1.807) is 24.5 Å². The van der Waals surface area contributed by atoms with E-state index in [2.05, 4.69) is 10.0 Å². The van der Waals surface area contributed by atoms with Crippen molar-refractivity contribution in [3.63, 3.8) is 0 Å². The second-order valence-corrected chi connectivity index (χ2v) is 6.29. The number of benzene rings is 1. The third-order valence-corrected chi connectivity index (χ3v) is 3.33. The molecule has 1 heterocycles. The zero-order valence-corrected chi connectivity index (χ0v) is 11.6. The van der Waals surface area contributed by atoms with Gasteiger partial charge in [0.2, 0.25) is 10.0 Å². The van der Waals surface area contributed by atoms with E-state index >= 15 is 0 Å². The molecule has 0 saturated carbocycles. The second kappa shape index (κ2) is 5.97. The van der Waals surface area contributed by atoms with Crippen molar-refractivity contribution >= 4 is 21.4 Å². The lowest BCUT2D eigenvalue weighted by atomic mass is 10.1. The van der Waals surface area contributed by atoms with Crippen LogP contribution in [0.1, 0.15) is 12.8 Å². The smallest absolute Gasteiger partial charge is 0.229 e. The molecule has 0 saturated heterocycles. The summed E-state index contributed by atoms with van der Waals surface area (Å²) < 4.78 is 30.2. The van der Waals surface area contributed by atoms with Crippen molar-refractivity contribution in [3.05, 3.63) is 36.6 Å². The van der Waals surface area contributed by atoms with Gasteiger partial charge in [-0.25, -0.2) is 8.42 Å². The molecule has 1 atom stereocenters. The number of rotatable bonds is 5. The summed E-state index contributed by atoms with van der Waals surface area (Å²) in [5, 5.41) is 3.25. The number of hydrogen-bond donors (Lipinski definition) is 2. The topological polar surface area (TPSA) is 67.4 Å². The van der Waals surface area contributed by atoms with Crippen molar-refractivity contribution < 1.29 is 13.2 Å². The molecule has 0 spiro atoms. The van der Waals surface area contributed by atoms with E-state index in [0.29, 0.717) is 12.2 Å². The molecular formula is C13H18N2O3S. The third kappa shape index (κ3) is 4.82. The number of sulfonamides is 1. The fourth-order valence-electron chi connectivity index (χ4n) is 1.87. The molecular weight excluding hydrogens is 264 g/mol.